The van der Waals surface area contributed by atoms with Gasteiger partial charge in [-0.05, 0) is 43.4 Å². The van der Waals surface area contributed by atoms with E-state index in [4.69, 9.17) is 4.74 Å². The second-order valence-electron chi connectivity index (χ2n) is 5.75. The summed E-state index contributed by atoms with van der Waals surface area (Å²) in [6, 6.07) is 17.8. The molecule has 2 rings (SSSR count). The third kappa shape index (κ3) is 5.25. The summed E-state index contributed by atoms with van der Waals surface area (Å²) in [7, 11) is 5.64. The Hall–Kier alpha value is -2.59. The molecule has 1 N–H and O–H groups in total. The predicted octanol–water partition coefficient (Wildman–Crippen LogP) is 3.13. The number of hydrogen-bond acceptors (Lipinski definition) is 3. The van der Waals surface area contributed by atoms with Crippen molar-refractivity contribution in [1.29, 1.82) is 0 Å². The van der Waals surface area contributed by atoms with Crippen LogP contribution >= 0.6 is 0 Å². The second-order valence-corrected chi connectivity index (χ2v) is 5.75. The molecule has 0 spiro atoms. The largest absolute Gasteiger partial charge is 0.497 e. The van der Waals surface area contributed by atoms with Crippen LogP contribution in [-0.4, -0.2) is 38.6 Å². The Bertz CT molecular complexity index is 681. The van der Waals surface area contributed by atoms with Gasteiger partial charge < -0.3 is 15.0 Å². The van der Waals surface area contributed by atoms with E-state index in [1.807, 2.05) is 74.8 Å². The number of hydrogen-bond donors (Lipinski definition) is 1. The summed E-state index contributed by atoms with van der Waals surface area (Å²) in [5.41, 5.74) is 2.11. The molecule has 0 radical (unpaired) electrons. The molecule has 0 aliphatic carbocycles. The molecule has 1 atom stereocenters. The molecule has 0 bridgehead atoms. The van der Waals surface area contributed by atoms with Crippen LogP contribution < -0.4 is 10.1 Å². The topological polar surface area (TPSA) is 41.6 Å². The molecule has 0 unspecified atom stereocenters. The lowest BCUT2D eigenvalue weighted by atomic mass is 10.1. The number of ether oxygens (including phenoxy) is 1. The van der Waals surface area contributed by atoms with Gasteiger partial charge in [0, 0.05) is 12.6 Å². The maximum Gasteiger partial charge on any atom is 0.244 e. The molecule has 0 saturated carbocycles. The molecular formula is C20H24N2O2. The van der Waals surface area contributed by atoms with Gasteiger partial charge in [-0.25, -0.2) is 0 Å². The van der Waals surface area contributed by atoms with Gasteiger partial charge in [-0.1, -0.05) is 42.5 Å². The predicted molar refractivity (Wildman–Crippen MR) is 97.9 cm³/mol. The maximum atomic E-state index is 12.1. The van der Waals surface area contributed by atoms with Gasteiger partial charge in [-0.3, -0.25) is 4.79 Å². The van der Waals surface area contributed by atoms with Crippen LogP contribution in [0.25, 0.3) is 6.08 Å². The summed E-state index contributed by atoms with van der Waals surface area (Å²) in [6.45, 7) is 0.526. The van der Waals surface area contributed by atoms with Crippen molar-refractivity contribution >= 4 is 12.0 Å². The normalized spacial score (nSPS) is 12.3. The van der Waals surface area contributed by atoms with Crippen molar-refractivity contribution in [3.8, 4) is 5.75 Å². The van der Waals surface area contributed by atoms with Gasteiger partial charge in [-0.2, -0.15) is 0 Å². The minimum Gasteiger partial charge on any atom is -0.497 e. The number of rotatable bonds is 7. The summed E-state index contributed by atoms with van der Waals surface area (Å²) in [4.78, 5) is 14.1. The summed E-state index contributed by atoms with van der Waals surface area (Å²) in [5.74, 6) is 0.711. The minimum atomic E-state index is -0.103. The Morgan fingerprint density at radius 3 is 2.58 bits per heavy atom. The van der Waals surface area contributed by atoms with Gasteiger partial charge in [0.15, 0.2) is 0 Å². The number of nitrogens with zero attached hydrogens (tertiary/aromatic N) is 1. The van der Waals surface area contributed by atoms with Crippen LogP contribution in [0.15, 0.2) is 60.7 Å². The van der Waals surface area contributed by atoms with Gasteiger partial charge in [0.25, 0.3) is 0 Å². The Balaban J connectivity index is 1.98. The molecule has 4 nitrogen and oxygen atoms in total. The zero-order valence-electron chi connectivity index (χ0n) is 14.4. The number of carbonyl (C=O) groups is 1. The molecular weight excluding hydrogens is 300 g/mol. The van der Waals surface area contributed by atoms with E-state index in [0.717, 1.165) is 16.9 Å². The van der Waals surface area contributed by atoms with Gasteiger partial charge in [0.1, 0.15) is 5.75 Å². The van der Waals surface area contributed by atoms with Crippen LogP contribution in [0.1, 0.15) is 17.2 Å². The lowest BCUT2D eigenvalue weighted by Crippen LogP contribution is -2.33. The van der Waals surface area contributed by atoms with E-state index < -0.39 is 0 Å². The molecule has 126 valence electrons. The van der Waals surface area contributed by atoms with Crippen molar-refractivity contribution in [2.24, 2.45) is 0 Å². The van der Waals surface area contributed by atoms with Crippen molar-refractivity contribution in [3.05, 3.63) is 71.8 Å². The van der Waals surface area contributed by atoms with Gasteiger partial charge in [0.05, 0.1) is 13.2 Å². The Kier molecular flexibility index (Phi) is 6.58. The lowest BCUT2D eigenvalue weighted by Gasteiger charge is -2.25. The van der Waals surface area contributed by atoms with Crippen LogP contribution in [-0.2, 0) is 4.79 Å². The standard InChI is InChI=1S/C20H24N2O2/c1-22(2)19(17-10-7-11-18(14-17)24-3)15-21-20(23)13-12-16-8-5-4-6-9-16/h4-14,19H,15H2,1-3H3,(H,21,23)/b13-12-/t19-/m0/s1. The highest BCUT2D eigenvalue weighted by Crippen LogP contribution is 2.22. The Morgan fingerprint density at radius 2 is 1.92 bits per heavy atom. The first-order chi connectivity index (χ1) is 11.6. The average Bonchev–Trinajstić information content (AvgIpc) is 2.61. The van der Waals surface area contributed by atoms with Crippen LogP contribution in [0.5, 0.6) is 5.75 Å². The molecule has 0 aliphatic rings. The van der Waals surface area contributed by atoms with Gasteiger partial charge in [-0.15, -0.1) is 0 Å². The smallest absolute Gasteiger partial charge is 0.244 e. The number of likely N-dealkylation sites (N-methyl/N-ethyl adjacent to an activating group) is 1. The zero-order chi connectivity index (χ0) is 17.4. The highest BCUT2D eigenvalue weighted by atomic mass is 16.5. The second kappa shape index (κ2) is 8.89. The highest BCUT2D eigenvalue weighted by Gasteiger charge is 2.15. The highest BCUT2D eigenvalue weighted by molar-refractivity contribution is 5.91. The fourth-order valence-electron chi connectivity index (χ4n) is 2.44. The molecule has 0 saturated heterocycles. The number of methoxy groups -OCH3 is 1. The first kappa shape index (κ1) is 17.8. The third-order valence-corrected chi connectivity index (χ3v) is 3.80. The monoisotopic (exact) mass is 324 g/mol. The fourth-order valence-corrected chi connectivity index (χ4v) is 2.44. The average molecular weight is 324 g/mol. The van der Waals surface area contributed by atoms with Crippen LogP contribution in [0.4, 0.5) is 0 Å². The van der Waals surface area contributed by atoms with Crippen molar-refractivity contribution < 1.29 is 9.53 Å². The van der Waals surface area contributed by atoms with Crippen molar-refractivity contribution in [3.63, 3.8) is 0 Å². The molecule has 24 heavy (non-hydrogen) atoms. The quantitative estimate of drug-likeness (QED) is 0.796. The van der Waals surface area contributed by atoms with Gasteiger partial charge in [0.2, 0.25) is 5.91 Å². The Morgan fingerprint density at radius 1 is 1.17 bits per heavy atom. The lowest BCUT2D eigenvalue weighted by molar-refractivity contribution is -0.116. The van der Waals surface area contributed by atoms with E-state index in [1.165, 1.54) is 0 Å². The molecule has 2 aromatic rings. The van der Waals surface area contributed by atoms with E-state index in [1.54, 1.807) is 13.2 Å². The number of amides is 1. The molecule has 1 amide bonds. The van der Waals surface area contributed by atoms with Crippen molar-refractivity contribution in [2.75, 3.05) is 27.7 Å². The number of carbonyl (C=O) groups excluding carboxylic acids is 1. The van der Waals surface area contributed by atoms with E-state index in [0.29, 0.717) is 6.54 Å². The summed E-state index contributed by atoms with van der Waals surface area (Å²) < 4.78 is 5.28. The number of benzene rings is 2. The van der Waals surface area contributed by atoms with E-state index in [2.05, 4.69) is 10.2 Å². The Labute approximate surface area is 143 Å². The van der Waals surface area contributed by atoms with Gasteiger partial charge >= 0.3 is 0 Å². The molecule has 0 heterocycles. The summed E-state index contributed by atoms with van der Waals surface area (Å²) >= 11 is 0. The summed E-state index contributed by atoms with van der Waals surface area (Å²) in [5, 5.41) is 2.96. The molecule has 2 aromatic carbocycles. The van der Waals surface area contributed by atoms with E-state index in [9.17, 15) is 4.79 Å². The van der Waals surface area contributed by atoms with Crippen LogP contribution in [0.2, 0.25) is 0 Å². The third-order valence-electron chi connectivity index (χ3n) is 3.80. The fraction of sp³-hybridized carbons (Fsp3) is 0.250. The SMILES string of the molecule is COc1cccc([C@H](CNC(=O)/C=C\c2ccccc2)N(C)C)c1. The molecule has 0 fully saturated rings. The molecule has 0 aliphatic heterocycles. The van der Waals surface area contributed by atoms with Crippen molar-refractivity contribution in [2.45, 2.75) is 6.04 Å². The number of nitrogens with one attached hydrogen (secondary N) is 1. The van der Waals surface area contributed by atoms with Crippen LogP contribution in [0.3, 0.4) is 0 Å². The molecule has 4 heteroatoms. The first-order valence-electron chi connectivity index (χ1n) is 7.91. The van der Waals surface area contributed by atoms with Crippen molar-refractivity contribution in [1.82, 2.24) is 10.2 Å². The van der Waals surface area contributed by atoms with E-state index in [-0.39, 0.29) is 11.9 Å². The maximum absolute atomic E-state index is 12.1. The zero-order valence-corrected chi connectivity index (χ0v) is 14.4. The summed E-state index contributed by atoms with van der Waals surface area (Å²) in [6.07, 6.45) is 3.37. The molecule has 0 aromatic heterocycles. The minimum absolute atomic E-state index is 0.0779. The van der Waals surface area contributed by atoms with Crippen LogP contribution in [0, 0.1) is 0 Å². The first-order valence-corrected chi connectivity index (χ1v) is 7.91. The van der Waals surface area contributed by atoms with E-state index >= 15 is 0 Å².